The molecule has 0 saturated heterocycles. The maximum atomic E-state index is 8.39. The molecule has 0 aliphatic carbocycles. The summed E-state index contributed by atoms with van der Waals surface area (Å²) in [6.07, 6.45) is 0. The Morgan fingerprint density at radius 2 is 1.67 bits per heavy atom. The van der Waals surface area contributed by atoms with Crippen LogP contribution in [0.4, 0.5) is 0 Å². The molecule has 1 heterocycles. The lowest BCUT2D eigenvalue weighted by Gasteiger charge is -2.21. The second-order valence-corrected chi connectivity index (χ2v) is 4.35. The van der Waals surface area contributed by atoms with Gasteiger partial charge in [-0.3, -0.25) is 0 Å². The van der Waals surface area contributed by atoms with Gasteiger partial charge in [0.25, 0.3) is 0 Å². The Balaban J connectivity index is 0.000000211. The highest BCUT2D eigenvalue weighted by Crippen LogP contribution is 1.91. The number of nitrogens with zero attached hydrogens (tertiary/aromatic N) is 1. The van der Waals surface area contributed by atoms with E-state index in [0.29, 0.717) is 0 Å². The highest BCUT2D eigenvalue weighted by Gasteiger charge is 2.02. The minimum Gasteiger partial charge on any atom is -0.391 e. The van der Waals surface area contributed by atoms with Gasteiger partial charge in [0.15, 0.2) is 0 Å². The SMILES string of the molecule is C[N+](C)(C)CCO.c1ccsc1. The van der Waals surface area contributed by atoms with E-state index >= 15 is 0 Å². The molecule has 0 spiro atoms. The first-order valence-electron chi connectivity index (χ1n) is 3.95. The number of aliphatic hydroxyl groups excluding tert-OH is 1. The monoisotopic (exact) mass is 188 g/mol. The van der Waals surface area contributed by atoms with Gasteiger partial charge in [-0.25, -0.2) is 0 Å². The Bertz CT molecular complexity index is 150. The average molecular weight is 188 g/mol. The van der Waals surface area contributed by atoms with E-state index in [-0.39, 0.29) is 6.61 Å². The molecule has 0 aliphatic rings. The summed E-state index contributed by atoms with van der Waals surface area (Å²) in [5, 5.41) is 12.5. The van der Waals surface area contributed by atoms with Crippen LogP contribution in [0.25, 0.3) is 0 Å². The van der Waals surface area contributed by atoms with Crippen LogP contribution in [0, 0.1) is 0 Å². The molecule has 0 atom stereocenters. The first kappa shape index (κ1) is 11.6. The van der Waals surface area contributed by atoms with Gasteiger partial charge in [0.1, 0.15) is 6.54 Å². The van der Waals surface area contributed by atoms with Crippen molar-refractivity contribution in [3.63, 3.8) is 0 Å². The summed E-state index contributed by atoms with van der Waals surface area (Å²) in [5.41, 5.74) is 0. The highest BCUT2D eigenvalue weighted by atomic mass is 32.1. The first-order chi connectivity index (χ1) is 5.56. The van der Waals surface area contributed by atoms with Crippen LogP contribution in [-0.4, -0.2) is 43.9 Å². The van der Waals surface area contributed by atoms with E-state index in [1.54, 1.807) is 11.3 Å². The maximum absolute atomic E-state index is 8.39. The Labute approximate surface area is 78.7 Å². The topological polar surface area (TPSA) is 20.2 Å². The molecule has 0 aliphatic heterocycles. The molecule has 0 amide bonds. The lowest BCUT2D eigenvalue weighted by atomic mass is 10.5. The van der Waals surface area contributed by atoms with Crippen molar-refractivity contribution >= 4 is 11.3 Å². The summed E-state index contributed by atoms with van der Waals surface area (Å²) in [4.78, 5) is 0. The fourth-order valence-electron chi connectivity index (χ4n) is 0.527. The number of thiophene rings is 1. The zero-order valence-electron chi connectivity index (χ0n) is 8.03. The van der Waals surface area contributed by atoms with Gasteiger partial charge in [-0.05, 0) is 10.8 Å². The van der Waals surface area contributed by atoms with Crippen molar-refractivity contribution in [3.05, 3.63) is 22.9 Å². The van der Waals surface area contributed by atoms with Crippen LogP contribution in [0.3, 0.4) is 0 Å². The third kappa shape index (κ3) is 9.62. The molecule has 0 fully saturated rings. The number of quaternary nitrogens is 1. The molecule has 1 rings (SSSR count). The van der Waals surface area contributed by atoms with Gasteiger partial charge in [-0.15, -0.1) is 0 Å². The second-order valence-electron chi connectivity index (χ2n) is 3.53. The van der Waals surface area contributed by atoms with E-state index in [4.69, 9.17) is 5.11 Å². The van der Waals surface area contributed by atoms with E-state index in [2.05, 4.69) is 21.1 Å². The van der Waals surface area contributed by atoms with E-state index in [9.17, 15) is 0 Å². The molecule has 3 heteroatoms. The van der Waals surface area contributed by atoms with Crippen LogP contribution in [0.15, 0.2) is 22.9 Å². The normalized spacial score (nSPS) is 10.3. The van der Waals surface area contributed by atoms with Crippen molar-refractivity contribution in [1.29, 1.82) is 0 Å². The van der Waals surface area contributed by atoms with Gasteiger partial charge in [0.05, 0.1) is 27.7 Å². The van der Waals surface area contributed by atoms with Crippen molar-refractivity contribution in [2.75, 3.05) is 34.3 Å². The molecule has 0 saturated carbocycles. The van der Waals surface area contributed by atoms with E-state index in [0.717, 1.165) is 11.0 Å². The molecule has 0 unspecified atom stereocenters. The van der Waals surface area contributed by atoms with Crippen LogP contribution in [0.5, 0.6) is 0 Å². The summed E-state index contributed by atoms with van der Waals surface area (Å²) in [5.74, 6) is 0. The predicted molar refractivity (Wildman–Crippen MR) is 54.3 cm³/mol. The van der Waals surface area contributed by atoms with Crippen LogP contribution in [0.2, 0.25) is 0 Å². The fourth-order valence-corrected chi connectivity index (χ4v) is 0.980. The van der Waals surface area contributed by atoms with Crippen LogP contribution in [-0.2, 0) is 0 Å². The molecule has 70 valence electrons. The van der Waals surface area contributed by atoms with Gasteiger partial charge in [0, 0.05) is 0 Å². The van der Waals surface area contributed by atoms with E-state index in [1.165, 1.54) is 0 Å². The number of aliphatic hydroxyl groups is 1. The Morgan fingerprint density at radius 1 is 1.17 bits per heavy atom. The molecule has 1 aromatic heterocycles. The smallest absolute Gasteiger partial charge is 0.101 e. The number of hydrogen-bond donors (Lipinski definition) is 1. The van der Waals surface area contributed by atoms with E-state index < -0.39 is 0 Å². The molecule has 1 aromatic rings. The van der Waals surface area contributed by atoms with Gasteiger partial charge in [0.2, 0.25) is 0 Å². The number of likely N-dealkylation sites (N-methyl/N-ethyl adjacent to an activating group) is 1. The van der Waals surface area contributed by atoms with Gasteiger partial charge in [-0.2, -0.15) is 11.3 Å². The summed E-state index contributed by atoms with van der Waals surface area (Å²) >= 11 is 1.71. The lowest BCUT2D eigenvalue weighted by molar-refractivity contribution is -0.870. The maximum Gasteiger partial charge on any atom is 0.101 e. The first-order valence-corrected chi connectivity index (χ1v) is 4.89. The second kappa shape index (κ2) is 6.17. The molecule has 1 N–H and O–H groups in total. The fraction of sp³-hybridized carbons (Fsp3) is 0.556. The Hall–Kier alpha value is -0.380. The average Bonchev–Trinajstić information content (AvgIpc) is 2.38. The molecule has 0 aromatic carbocycles. The van der Waals surface area contributed by atoms with Crippen molar-refractivity contribution in [1.82, 2.24) is 0 Å². The Morgan fingerprint density at radius 3 is 1.75 bits per heavy atom. The zero-order valence-corrected chi connectivity index (χ0v) is 8.84. The third-order valence-corrected chi connectivity index (χ3v) is 1.82. The lowest BCUT2D eigenvalue weighted by Crippen LogP contribution is -2.36. The van der Waals surface area contributed by atoms with Crippen LogP contribution >= 0.6 is 11.3 Å². The van der Waals surface area contributed by atoms with Crippen molar-refractivity contribution < 1.29 is 9.59 Å². The summed E-state index contributed by atoms with van der Waals surface area (Å²) < 4.78 is 0.844. The molecule has 0 bridgehead atoms. The van der Waals surface area contributed by atoms with Crippen molar-refractivity contribution in [3.8, 4) is 0 Å². The molecule has 2 nitrogen and oxygen atoms in total. The predicted octanol–water partition coefficient (Wildman–Crippen LogP) is 1.43. The molecular formula is C9H18NOS+. The number of rotatable bonds is 2. The molecule has 12 heavy (non-hydrogen) atoms. The number of hydrogen-bond acceptors (Lipinski definition) is 2. The van der Waals surface area contributed by atoms with Gasteiger partial charge in [-0.1, -0.05) is 12.1 Å². The summed E-state index contributed by atoms with van der Waals surface area (Å²) in [6.45, 7) is 1.11. The largest absolute Gasteiger partial charge is 0.391 e. The van der Waals surface area contributed by atoms with Crippen molar-refractivity contribution in [2.45, 2.75) is 0 Å². The minimum atomic E-state index is 0.281. The molecular weight excluding hydrogens is 170 g/mol. The third-order valence-electron chi connectivity index (χ3n) is 1.20. The van der Waals surface area contributed by atoms with Crippen molar-refractivity contribution in [2.24, 2.45) is 0 Å². The molecule has 0 radical (unpaired) electrons. The standard InChI is InChI=1S/C5H14NO.C4H4S/c1-6(2,3)4-5-7;1-2-4-5-3-1/h7H,4-5H2,1-3H3;1-4H/q+1;. The zero-order chi connectivity index (χ0) is 9.45. The van der Waals surface area contributed by atoms with E-state index in [1.807, 2.05) is 22.9 Å². The summed E-state index contributed by atoms with van der Waals surface area (Å²) in [6, 6.07) is 4.04. The quantitative estimate of drug-likeness (QED) is 0.696. The van der Waals surface area contributed by atoms with Gasteiger partial charge >= 0.3 is 0 Å². The van der Waals surface area contributed by atoms with Crippen LogP contribution < -0.4 is 0 Å². The Kier molecular flexibility index (Phi) is 5.98. The minimum absolute atomic E-state index is 0.281. The van der Waals surface area contributed by atoms with Crippen LogP contribution in [0.1, 0.15) is 0 Å². The highest BCUT2D eigenvalue weighted by molar-refractivity contribution is 7.07. The summed E-state index contributed by atoms with van der Waals surface area (Å²) in [7, 11) is 6.16. The van der Waals surface area contributed by atoms with Gasteiger partial charge < -0.3 is 9.59 Å².